The molecule has 0 spiro atoms. The third kappa shape index (κ3) is 2.69. The van der Waals surface area contributed by atoms with E-state index in [2.05, 4.69) is 4.98 Å². The average molecular weight is 395 g/mol. The zero-order valence-corrected chi connectivity index (χ0v) is 16.4. The molecule has 4 rings (SSSR count). The van der Waals surface area contributed by atoms with Gasteiger partial charge in [0, 0.05) is 14.1 Å². The molecule has 0 atom stereocenters. The molecule has 3 aromatic heterocycles. The minimum absolute atomic E-state index is 0.0567. The highest BCUT2D eigenvalue weighted by Crippen LogP contribution is 2.22. The molecule has 0 bridgehead atoms. The summed E-state index contributed by atoms with van der Waals surface area (Å²) in [4.78, 5) is 42.8. The molecule has 3 heterocycles. The second-order valence-corrected chi connectivity index (χ2v) is 7.05. The predicted molar refractivity (Wildman–Crippen MR) is 109 cm³/mol. The highest BCUT2D eigenvalue weighted by Gasteiger charge is 2.23. The molecule has 29 heavy (non-hydrogen) atoms. The number of aryl methyl sites for hydroxylation is 1. The summed E-state index contributed by atoms with van der Waals surface area (Å²) in [7, 11) is 2.87. The van der Waals surface area contributed by atoms with Crippen LogP contribution in [0.2, 0.25) is 0 Å². The van der Waals surface area contributed by atoms with E-state index in [0.29, 0.717) is 12.8 Å². The summed E-state index contributed by atoms with van der Waals surface area (Å²) in [5, 5.41) is 10.9. The Balaban J connectivity index is 2.21. The molecular weight excluding hydrogens is 374 g/mol. The lowest BCUT2D eigenvalue weighted by Crippen LogP contribution is -2.37. The van der Waals surface area contributed by atoms with Crippen molar-refractivity contribution < 1.29 is 5.11 Å². The van der Waals surface area contributed by atoms with Gasteiger partial charge >= 0.3 is 5.69 Å². The smallest absolute Gasteiger partial charge is 0.332 e. The van der Waals surface area contributed by atoms with Crippen molar-refractivity contribution in [2.24, 2.45) is 14.1 Å². The van der Waals surface area contributed by atoms with Crippen LogP contribution in [0.4, 0.5) is 0 Å². The summed E-state index contributed by atoms with van der Waals surface area (Å²) in [5.74, 6) is -0.195. The van der Waals surface area contributed by atoms with E-state index in [-0.39, 0.29) is 40.5 Å². The first-order valence-corrected chi connectivity index (χ1v) is 9.33. The molecule has 0 aliphatic rings. The highest BCUT2D eigenvalue weighted by molar-refractivity contribution is 5.76. The summed E-state index contributed by atoms with van der Waals surface area (Å²) < 4.78 is 4.92. The third-order valence-electron chi connectivity index (χ3n) is 5.15. The second-order valence-electron chi connectivity index (χ2n) is 7.05. The van der Waals surface area contributed by atoms with E-state index in [1.807, 2.05) is 37.3 Å². The zero-order valence-electron chi connectivity index (χ0n) is 16.4. The first-order valence-electron chi connectivity index (χ1n) is 9.33. The van der Waals surface area contributed by atoms with Crippen LogP contribution in [-0.2, 0) is 27.1 Å². The molecule has 0 saturated carbocycles. The van der Waals surface area contributed by atoms with Gasteiger partial charge in [0.25, 0.3) is 11.1 Å². The Morgan fingerprint density at radius 1 is 1.00 bits per heavy atom. The van der Waals surface area contributed by atoms with Crippen LogP contribution in [0.3, 0.4) is 0 Å². The highest BCUT2D eigenvalue weighted by atomic mass is 16.3. The number of nitrogens with zero attached hydrogens (tertiary/aromatic N) is 5. The Morgan fingerprint density at radius 2 is 1.69 bits per heavy atom. The van der Waals surface area contributed by atoms with Crippen LogP contribution in [0.1, 0.15) is 24.5 Å². The number of aromatic hydroxyl groups is 1. The van der Waals surface area contributed by atoms with Gasteiger partial charge in [-0.25, -0.2) is 9.20 Å². The average Bonchev–Trinajstić information content (AvgIpc) is 3.13. The van der Waals surface area contributed by atoms with E-state index in [4.69, 9.17) is 0 Å². The maximum absolute atomic E-state index is 13.2. The van der Waals surface area contributed by atoms with E-state index in [1.165, 1.54) is 27.6 Å². The number of benzene rings is 1. The van der Waals surface area contributed by atoms with Crippen LogP contribution < -0.4 is 16.8 Å². The van der Waals surface area contributed by atoms with Crippen molar-refractivity contribution in [1.29, 1.82) is 0 Å². The van der Waals surface area contributed by atoms with Crippen molar-refractivity contribution in [3.05, 3.63) is 72.7 Å². The normalized spacial score (nSPS) is 11.6. The fraction of sp³-hybridized carbons (Fsp3) is 0.300. The monoisotopic (exact) mass is 395 g/mol. The summed E-state index contributed by atoms with van der Waals surface area (Å²) in [6, 6.07) is 9.38. The van der Waals surface area contributed by atoms with Gasteiger partial charge in [0.15, 0.2) is 11.2 Å². The van der Waals surface area contributed by atoms with Gasteiger partial charge in [-0.15, -0.1) is 0 Å². The van der Waals surface area contributed by atoms with Crippen molar-refractivity contribution in [3.63, 3.8) is 0 Å². The third-order valence-corrected chi connectivity index (χ3v) is 5.15. The van der Waals surface area contributed by atoms with Crippen LogP contribution in [0, 0.1) is 0 Å². The molecule has 0 aliphatic heterocycles. The Hall–Kier alpha value is -3.62. The van der Waals surface area contributed by atoms with Crippen molar-refractivity contribution in [2.75, 3.05) is 0 Å². The maximum atomic E-state index is 13.2. The van der Waals surface area contributed by atoms with Crippen LogP contribution in [0.5, 0.6) is 5.88 Å². The van der Waals surface area contributed by atoms with Crippen LogP contribution >= 0.6 is 0 Å². The van der Waals surface area contributed by atoms with E-state index in [9.17, 15) is 19.5 Å². The molecule has 0 amide bonds. The Bertz CT molecular complexity index is 1420. The molecule has 0 unspecified atom stereocenters. The molecule has 9 heteroatoms. The van der Waals surface area contributed by atoms with Gasteiger partial charge in [-0.2, -0.15) is 4.98 Å². The molecular formula is C20H21N5O4. The molecule has 4 aromatic rings. The Kier molecular flexibility index (Phi) is 4.37. The first kappa shape index (κ1) is 18.7. The van der Waals surface area contributed by atoms with E-state index < -0.39 is 11.2 Å². The lowest BCUT2D eigenvalue weighted by Gasteiger charge is -2.13. The van der Waals surface area contributed by atoms with Crippen molar-refractivity contribution in [1.82, 2.24) is 23.1 Å². The standard InChI is InChI=1S/C20H21N5O4/c1-4-8-13-16(26)24(11-12-9-6-5-7-10-12)19-21-15-14(25(19)17(13)27)18(28)23(3)20(29)22(15)2/h5-7,9-10,27H,4,8,11H2,1-3H3. The van der Waals surface area contributed by atoms with E-state index in [0.717, 1.165) is 10.1 Å². The van der Waals surface area contributed by atoms with E-state index in [1.54, 1.807) is 0 Å². The van der Waals surface area contributed by atoms with Crippen LogP contribution in [-0.4, -0.2) is 28.2 Å². The van der Waals surface area contributed by atoms with Gasteiger partial charge in [0.1, 0.15) is 0 Å². The van der Waals surface area contributed by atoms with Gasteiger partial charge in [0.05, 0.1) is 12.1 Å². The first-order chi connectivity index (χ1) is 13.9. The quantitative estimate of drug-likeness (QED) is 0.549. The number of hydrogen-bond donors (Lipinski definition) is 1. The molecule has 1 N–H and O–H groups in total. The fourth-order valence-electron chi connectivity index (χ4n) is 3.63. The summed E-state index contributed by atoms with van der Waals surface area (Å²) in [5.41, 5.74) is -0.221. The van der Waals surface area contributed by atoms with Gasteiger partial charge in [0.2, 0.25) is 11.7 Å². The lowest BCUT2D eigenvalue weighted by atomic mass is 10.1. The van der Waals surface area contributed by atoms with Crippen molar-refractivity contribution in [3.8, 4) is 5.88 Å². The van der Waals surface area contributed by atoms with Crippen molar-refractivity contribution in [2.45, 2.75) is 26.3 Å². The lowest BCUT2D eigenvalue weighted by molar-refractivity contribution is 0.433. The minimum atomic E-state index is -0.585. The van der Waals surface area contributed by atoms with Gasteiger partial charge in [-0.05, 0) is 12.0 Å². The zero-order chi connectivity index (χ0) is 20.9. The maximum Gasteiger partial charge on any atom is 0.332 e. The van der Waals surface area contributed by atoms with Gasteiger partial charge < -0.3 is 5.11 Å². The summed E-state index contributed by atoms with van der Waals surface area (Å²) in [6.45, 7) is 2.12. The number of fused-ring (bicyclic) bond motifs is 3. The minimum Gasteiger partial charge on any atom is -0.494 e. The molecule has 150 valence electrons. The largest absolute Gasteiger partial charge is 0.494 e. The molecule has 0 radical (unpaired) electrons. The number of aromatic nitrogens is 5. The summed E-state index contributed by atoms with van der Waals surface area (Å²) >= 11 is 0. The number of hydrogen-bond acceptors (Lipinski definition) is 5. The molecule has 1 aromatic carbocycles. The van der Waals surface area contributed by atoms with Gasteiger partial charge in [-0.3, -0.25) is 23.3 Å². The molecule has 0 fully saturated rings. The predicted octanol–water partition coefficient (Wildman–Crippen LogP) is 0.753. The Morgan fingerprint density at radius 3 is 2.34 bits per heavy atom. The number of rotatable bonds is 4. The molecule has 0 saturated heterocycles. The Labute approximate surface area is 164 Å². The molecule has 9 nitrogen and oxygen atoms in total. The van der Waals surface area contributed by atoms with Crippen molar-refractivity contribution >= 4 is 16.9 Å². The number of imidazole rings is 1. The summed E-state index contributed by atoms with van der Waals surface area (Å²) in [6.07, 6.45) is 0.990. The van der Waals surface area contributed by atoms with Gasteiger partial charge in [-0.1, -0.05) is 43.7 Å². The van der Waals surface area contributed by atoms with E-state index >= 15 is 0 Å². The second kappa shape index (κ2) is 6.77. The molecule has 0 aliphatic carbocycles. The van der Waals surface area contributed by atoms with Crippen LogP contribution in [0.25, 0.3) is 16.9 Å². The fourth-order valence-corrected chi connectivity index (χ4v) is 3.63. The SMILES string of the molecule is CCCc1c(O)n2c3c(=O)n(C)c(=O)n(C)c3nc2n(Cc2ccccc2)c1=O. The van der Waals surface area contributed by atoms with Crippen LogP contribution in [0.15, 0.2) is 44.7 Å². The topological polar surface area (TPSA) is 104 Å².